The summed E-state index contributed by atoms with van der Waals surface area (Å²) < 4.78 is 23.4. The maximum absolute atomic E-state index is 6.16. The van der Waals surface area contributed by atoms with Gasteiger partial charge in [-0.2, -0.15) is 0 Å². The molecular formula is C26H26Cl2N4O4. The van der Waals surface area contributed by atoms with Crippen molar-refractivity contribution in [3.8, 4) is 11.5 Å². The minimum atomic E-state index is -0.0699. The summed E-state index contributed by atoms with van der Waals surface area (Å²) >= 11 is 12.2. The number of nitrogens with one attached hydrogen (secondary N) is 1. The molecule has 0 amide bonds. The minimum Gasteiger partial charge on any atom is -0.493 e. The van der Waals surface area contributed by atoms with E-state index in [1.807, 2.05) is 30.4 Å². The summed E-state index contributed by atoms with van der Waals surface area (Å²) in [6.07, 6.45) is 9.18. The molecule has 36 heavy (non-hydrogen) atoms. The van der Waals surface area contributed by atoms with Crippen molar-refractivity contribution < 1.29 is 18.9 Å². The second-order valence-corrected chi connectivity index (χ2v) is 9.26. The first kappa shape index (κ1) is 24.6. The Bertz CT molecular complexity index is 1290. The van der Waals surface area contributed by atoms with Gasteiger partial charge in [0, 0.05) is 36.8 Å². The van der Waals surface area contributed by atoms with Crippen LogP contribution in [0.1, 0.15) is 0 Å². The smallest absolute Gasteiger partial charge is 0.163 e. The van der Waals surface area contributed by atoms with Crippen LogP contribution in [0.5, 0.6) is 11.5 Å². The molecule has 0 radical (unpaired) electrons. The van der Waals surface area contributed by atoms with E-state index in [1.54, 1.807) is 25.5 Å². The molecule has 0 saturated carbocycles. The van der Waals surface area contributed by atoms with Gasteiger partial charge in [0.1, 0.15) is 31.0 Å². The highest BCUT2D eigenvalue weighted by Gasteiger charge is 2.24. The molecule has 3 aromatic rings. The Balaban J connectivity index is 1.28. The number of aromatic nitrogens is 2. The summed E-state index contributed by atoms with van der Waals surface area (Å²) in [6.45, 7) is 3.46. The highest BCUT2D eigenvalue weighted by molar-refractivity contribution is 6.42. The molecule has 1 saturated heterocycles. The predicted octanol–water partition coefficient (Wildman–Crippen LogP) is 5.24. The van der Waals surface area contributed by atoms with Crippen LogP contribution in [0, 0.1) is 0 Å². The number of ether oxygens (including phenoxy) is 4. The number of anilines is 2. The average Bonchev–Trinajstić information content (AvgIpc) is 2.90. The van der Waals surface area contributed by atoms with E-state index in [4.69, 9.17) is 42.1 Å². The fourth-order valence-corrected chi connectivity index (χ4v) is 4.46. The van der Waals surface area contributed by atoms with Crippen molar-refractivity contribution >= 4 is 45.6 Å². The number of allylic oxidation sites excluding steroid dienone is 2. The standard InChI is InChI=1S/C26H26Cl2N4O4/c1-33-24-11-20-23(29-16-30-26(20)31-17-5-6-21(27)22(28)10-17)12-25(24)36-15-19-14-32(7-9-35-19)13-18-4-2-3-8-34-18/h2-6,8,10-12,16,18-19H,7,9,13-15H2,1H3,(H,29,30,31). The molecule has 2 aliphatic heterocycles. The molecule has 8 nitrogen and oxygen atoms in total. The third-order valence-electron chi connectivity index (χ3n) is 5.96. The lowest BCUT2D eigenvalue weighted by Crippen LogP contribution is -2.47. The number of methoxy groups -OCH3 is 1. The van der Waals surface area contributed by atoms with E-state index >= 15 is 0 Å². The molecule has 5 rings (SSSR count). The van der Waals surface area contributed by atoms with Crippen LogP contribution in [0.25, 0.3) is 10.9 Å². The first-order valence-corrected chi connectivity index (χ1v) is 12.3. The van der Waals surface area contributed by atoms with Crippen LogP contribution in [0.3, 0.4) is 0 Å². The normalized spacial score (nSPS) is 19.8. The largest absolute Gasteiger partial charge is 0.493 e. The zero-order valence-corrected chi connectivity index (χ0v) is 21.2. The Hall–Kier alpha value is -3.04. The second kappa shape index (κ2) is 11.3. The molecule has 1 N–H and O–H groups in total. The van der Waals surface area contributed by atoms with E-state index in [0.29, 0.717) is 46.1 Å². The quantitative estimate of drug-likeness (QED) is 0.425. The molecular weight excluding hydrogens is 503 g/mol. The number of hydrogen-bond acceptors (Lipinski definition) is 8. The average molecular weight is 529 g/mol. The highest BCUT2D eigenvalue weighted by atomic mass is 35.5. The van der Waals surface area contributed by atoms with Crippen LogP contribution in [0.15, 0.2) is 61.1 Å². The number of morpholine rings is 1. The van der Waals surface area contributed by atoms with Crippen molar-refractivity contribution in [3.63, 3.8) is 0 Å². The Morgan fingerprint density at radius 2 is 2.03 bits per heavy atom. The maximum Gasteiger partial charge on any atom is 0.163 e. The van der Waals surface area contributed by atoms with E-state index in [-0.39, 0.29) is 12.2 Å². The van der Waals surface area contributed by atoms with E-state index in [0.717, 1.165) is 30.7 Å². The molecule has 1 aromatic heterocycles. The number of hydrogen-bond donors (Lipinski definition) is 1. The van der Waals surface area contributed by atoms with Gasteiger partial charge >= 0.3 is 0 Å². The van der Waals surface area contributed by atoms with Gasteiger partial charge in [0.25, 0.3) is 0 Å². The van der Waals surface area contributed by atoms with Gasteiger partial charge < -0.3 is 24.3 Å². The Morgan fingerprint density at radius 3 is 2.83 bits per heavy atom. The lowest BCUT2D eigenvalue weighted by Gasteiger charge is -2.34. The van der Waals surface area contributed by atoms with Crippen molar-refractivity contribution in [3.05, 3.63) is 71.2 Å². The molecule has 2 unspecified atom stereocenters. The van der Waals surface area contributed by atoms with Crippen LogP contribution >= 0.6 is 23.2 Å². The maximum atomic E-state index is 6.16. The number of rotatable bonds is 8. The van der Waals surface area contributed by atoms with Gasteiger partial charge in [0.2, 0.25) is 0 Å². The van der Waals surface area contributed by atoms with Crippen molar-refractivity contribution in [2.75, 3.05) is 45.3 Å². The molecule has 2 aliphatic rings. The SMILES string of the molecule is COc1cc2c(Nc3ccc(Cl)c(Cl)c3)ncnc2cc1OCC1CN(CC2C=CC=CO2)CCO1. The van der Waals surface area contributed by atoms with Gasteiger partial charge in [0.05, 0.1) is 35.5 Å². The second-order valence-electron chi connectivity index (χ2n) is 8.45. The number of nitrogens with zero attached hydrogens (tertiary/aromatic N) is 3. The molecule has 10 heteroatoms. The van der Waals surface area contributed by atoms with Gasteiger partial charge in [-0.1, -0.05) is 29.3 Å². The minimum absolute atomic E-state index is 0.0571. The van der Waals surface area contributed by atoms with Gasteiger partial charge in [-0.05, 0) is 36.4 Å². The molecule has 0 aliphatic carbocycles. The van der Waals surface area contributed by atoms with Crippen molar-refractivity contribution in [2.45, 2.75) is 12.2 Å². The fraction of sp³-hybridized carbons (Fsp3) is 0.308. The molecule has 1 fully saturated rings. The monoisotopic (exact) mass is 528 g/mol. The predicted molar refractivity (Wildman–Crippen MR) is 141 cm³/mol. The van der Waals surface area contributed by atoms with E-state index in [9.17, 15) is 0 Å². The lowest BCUT2D eigenvalue weighted by molar-refractivity contribution is -0.0554. The van der Waals surface area contributed by atoms with Crippen molar-refractivity contribution in [2.24, 2.45) is 0 Å². The van der Waals surface area contributed by atoms with Gasteiger partial charge in [-0.15, -0.1) is 0 Å². The Labute approximate surface area is 219 Å². The zero-order chi connectivity index (χ0) is 24.9. The topological polar surface area (TPSA) is 78.0 Å². The fourth-order valence-electron chi connectivity index (χ4n) is 4.16. The Morgan fingerprint density at radius 1 is 1.11 bits per heavy atom. The molecule has 2 atom stereocenters. The number of fused-ring (bicyclic) bond motifs is 1. The number of benzene rings is 2. The highest BCUT2D eigenvalue weighted by Crippen LogP contribution is 2.35. The molecule has 0 spiro atoms. The first-order chi connectivity index (χ1) is 17.6. The van der Waals surface area contributed by atoms with Crippen LogP contribution in [0.2, 0.25) is 10.0 Å². The van der Waals surface area contributed by atoms with Crippen LogP contribution in [-0.4, -0.2) is 67.0 Å². The summed E-state index contributed by atoms with van der Waals surface area (Å²) in [5, 5.41) is 4.99. The van der Waals surface area contributed by atoms with Crippen molar-refractivity contribution in [1.82, 2.24) is 14.9 Å². The first-order valence-electron chi connectivity index (χ1n) is 11.6. The summed E-state index contributed by atoms with van der Waals surface area (Å²) in [6, 6.07) is 9.01. The van der Waals surface area contributed by atoms with Crippen LogP contribution in [0.4, 0.5) is 11.5 Å². The van der Waals surface area contributed by atoms with Gasteiger partial charge in [-0.25, -0.2) is 9.97 Å². The van der Waals surface area contributed by atoms with Crippen LogP contribution in [-0.2, 0) is 9.47 Å². The zero-order valence-electron chi connectivity index (χ0n) is 19.7. The summed E-state index contributed by atoms with van der Waals surface area (Å²) in [5.41, 5.74) is 1.47. The van der Waals surface area contributed by atoms with Gasteiger partial charge in [-0.3, -0.25) is 4.90 Å². The van der Waals surface area contributed by atoms with Crippen molar-refractivity contribution in [1.29, 1.82) is 0 Å². The summed E-state index contributed by atoms with van der Waals surface area (Å²) in [5.74, 6) is 1.78. The van der Waals surface area contributed by atoms with E-state index in [1.165, 1.54) is 6.33 Å². The third kappa shape index (κ3) is 5.84. The summed E-state index contributed by atoms with van der Waals surface area (Å²) in [4.78, 5) is 11.2. The Kier molecular flexibility index (Phi) is 7.77. The van der Waals surface area contributed by atoms with E-state index in [2.05, 4.69) is 26.3 Å². The number of halogens is 2. The van der Waals surface area contributed by atoms with E-state index < -0.39 is 0 Å². The van der Waals surface area contributed by atoms with Gasteiger partial charge in [0.15, 0.2) is 11.5 Å². The third-order valence-corrected chi connectivity index (χ3v) is 6.70. The molecule has 2 aromatic carbocycles. The molecule has 188 valence electrons. The molecule has 0 bridgehead atoms. The summed E-state index contributed by atoms with van der Waals surface area (Å²) in [7, 11) is 1.61. The van der Waals surface area contributed by atoms with Crippen LogP contribution < -0.4 is 14.8 Å². The lowest BCUT2D eigenvalue weighted by atomic mass is 10.2. The molecule has 3 heterocycles.